The van der Waals surface area contributed by atoms with E-state index in [4.69, 9.17) is 28.6 Å². The molecule has 0 saturated heterocycles. The van der Waals surface area contributed by atoms with Crippen LogP contribution >= 0.6 is 23.8 Å². The quantitative estimate of drug-likeness (QED) is 0.589. The van der Waals surface area contributed by atoms with E-state index in [9.17, 15) is 4.79 Å². The van der Waals surface area contributed by atoms with Crippen molar-refractivity contribution in [3.05, 3.63) is 63.9 Å². The molecule has 0 unspecified atom stereocenters. The van der Waals surface area contributed by atoms with Crippen LogP contribution in [0.15, 0.2) is 48.5 Å². The van der Waals surface area contributed by atoms with Gasteiger partial charge in [0.2, 0.25) is 5.91 Å². The zero-order valence-corrected chi connectivity index (χ0v) is 17.3. The molecule has 2 aromatic carbocycles. The molecule has 0 aliphatic carbocycles. The molecule has 1 N–H and O–H groups in total. The van der Waals surface area contributed by atoms with Gasteiger partial charge in [0.1, 0.15) is 18.9 Å². The highest BCUT2D eigenvalue weighted by Gasteiger charge is 2.15. The van der Waals surface area contributed by atoms with Gasteiger partial charge in [-0.1, -0.05) is 35.4 Å². The van der Waals surface area contributed by atoms with Crippen LogP contribution in [0, 0.1) is 11.7 Å². The molecule has 0 radical (unpaired) electrons. The van der Waals surface area contributed by atoms with Crippen LogP contribution in [0.5, 0.6) is 5.75 Å². The molecule has 0 spiro atoms. The zero-order chi connectivity index (χ0) is 20.1. The lowest BCUT2D eigenvalue weighted by molar-refractivity contribution is -0.130. The van der Waals surface area contributed by atoms with E-state index >= 15 is 0 Å². The number of benzene rings is 2. The lowest BCUT2D eigenvalue weighted by atomic mass is 10.1. The predicted octanol–water partition coefficient (Wildman–Crippen LogP) is 4.11. The lowest BCUT2D eigenvalue weighted by Crippen LogP contribution is -2.33. The number of ether oxygens (including phenoxy) is 1. The highest BCUT2D eigenvalue weighted by Crippen LogP contribution is 2.19. The summed E-state index contributed by atoms with van der Waals surface area (Å²) >= 11 is 11.2. The first-order chi connectivity index (χ1) is 13.4. The van der Waals surface area contributed by atoms with Crippen molar-refractivity contribution in [2.24, 2.45) is 0 Å². The van der Waals surface area contributed by atoms with Gasteiger partial charge in [-0.3, -0.25) is 14.5 Å². The minimum Gasteiger partial charge on any atom is -0.492 e. The zero-order valence-electron chi connectivity index (χ0n) is 15.7. The van der Waals surface area contributed by atoms with Crippen molar-refractivity contribution in [1.29, 1.82) is 0 Å². The van der Waals surface area contributed by atoms with Crippen molar-refractivity contribution in [2.45, 2.75) is 13.5 Å². The molecule has 0 fully saturated rings. The highest BCUT2D eigenvalue weighted by molar-refractivity contribution is 7.71. The Balaban J connectivity index is 1.62. The Morgan fingerprint density at radius 2 is 2.04 bits per heavy atom. The van der Waals surface area contributed by atoms with Crippen molar-refractivity contribution in [3.63, 3.8) is 0 Å². The van der Waals surface area contributed by atoms with Crippen LogP contribution in [0.2, 0.25) is 5.02 Å². The smallest absolute Gasteiger partial charge is 0.242 e. The van der Waals surface area contributed by atoms with Gasteiger partial charge in [0, 0.05) is 17.6 Å². The minimum atomic E-state index is -0.0777. The molecule has 1 heterocycles. The number of halogens is 1. The number of likely N-dealkylation sites (N-methyl/N-ethyl adjacent to an activating group) is 1. The summed E-state index contributed by atoms with van der Waals surface area (Å²) in [6.45, 7) is 2.95. The van der Waals surface area contributed by atoms with E-state index in [0.29, 0.717) is 34.5 Å². The molecule has 1 amide bonds. The van der Waals surface area contributed by atoms with Crippen LogP contribution in [-0.4, -0.2) is 45.8 Å². The average molecular weight is 417 g/mol. The van der Waals surface area contributed by atoms with Crippen molar-refractivity contribution in [3.8, 4) is 17.1 Å². The molecule has 0 aliphatic heterocycles. The number of amides is 1. The molecule has 0 bridgehead atoms. The molecule has 146 valence electrons. The van der Waals surface area contributed by atoms with Gasteiger partial charge in [-0.2, -0.15) is 5.10 Å². The Morgan fingerprint density at radius 1 is 1.29 bits per heavy atom. The normalized spacial score (nSPS) is 10.7. The van der Waals surface area contributed by atoms with Crippen LogP contribution in [0.25, 0.3) is 11.4 Å². The van der Waals surface area contributed by atoms with Crippen molar-refractivity contribution < 1.29 is 9.53 Å². The molecular weight excluding hydrogens is 396 g/mol. The first-order valence-electron chi connectivity index (χ1n) is 8.78. The Kier molecular flexibility index (Phi) is 6.49. The van der Waals surface area contributed by atoms with E-state index in [1.807, 2.05) is 31.2 Å². The summed E-state index contributed by atoms with van der Waals surface area (Å²) in [5.74, 6) is 1.28. The SMILES string of the molecule is Cc1cccc(-c2n[nH]c(=S)n2CC(=O)N(C)CCOc2ccc(Cl)cc2)c1. The van der Waals surface area contributed by atoms with Crippen LogP contribution in [0.4, 0.5) is 0 Å². The number of carbonyl (C=O) groups excluding carboxylic acids is 1. The van der Waals surface area contributed by atoms with Crippen molar-refractivity contribution >= 4 is 29.7 Å². The van der Waals surface area contributed by atoms with E-state index in [1.165, 1.54) is 0 Å². The van der Waals surface area contributed by atoms with Crippen LogP contribution in [-0.2, 0) is 11.3 Å². The maximum Gasteiger partial charge on any atom is 0.242 e. The Hall–Kier alpha value is -2.64. The first kappa shape index (κ1) is 20.1. The third-order valence-corrected chi connectivity index (χ3v) is 4.83. The molecule has 0 atom stereocenters. The molecular formula is C20H21ClN4O2S. The molecule has 28 heavy (non-hydrogen) atoms. The fourth-order valence-corrected chi connectivity index (χ4v) is 3.00. The number of nitrogens with one attached hydrogen (secondary N) is 1. The first-order valence-corrected chi connectivity index (χ1v) is 9.57. The molecule has 3 rings (SSSR count). The second-order valence-electron chi connectivity index (χ2n) is 6.43. The lowest BCUT2D eigenvalue weighted by Gasteiger charge is -2.18. The van der Waals surface area contributed by atoms with Crippen molar-refractivity contribution in [1.82, 2.24) is 19.7 Å². The summed E-state index contributed by atoms with van der Waals surface area (Å²) in [7, 11) is 1.74. The number of H-pyrrole nitrogens is 1. The fourth-order valence-electron chi connectivity index (χ4n) is 2.68. The maximum atomic E-state index is 12.6. The van der Waals surface area contributed by atoms with E-state index in [2.05, 4.69) is 10.2 Å². The summed E-state index contributed by atoms with van der Waals surface area (Å²) in [5.41, 5.74) is 2.02. The minimum absolute atomic E-state index is 0.0777. The number of nitrogens with zero attached hydrogens (tertiary/aromatic N) is 3. The molecule has 0 saturated carbocycles. The third kappa shape index (κ3) is 4.99. The van der Waals surface area contributed by atoms with Gasteiger partial charge >= 0.3 is 0 Å². The van der Waals surface area contributed by atoms with Gasteiger partial charge < -0.3 is 9.64 Å². The second kappa shape index (κ2) is 9.03. The molecule has 6 nitrogen and oxygen atoms in total. The van der Waals surface area contributed by atoms with Gasteiger partial charge in [-0.25, -0.2) is 0 Å². The average Bonchev–Trinajstić information content (AvgIpc) is 3.03. The largest absolute Gasteiger partial charge is 0.492 e. The van der Waals surface area contributed by atoms with Crippen LogP contribution < -0.4 is 4.74 Å². The van der Waals surface area contributed by atoms with Crippen molar-refractivity contribution in [2.75, 3.05) is 20.2 Å². The number of hydrogen-bond acceptors (Lipinski definition) is 4. The van der Waals surface area contributed by atoms with E-state index in [1.54, 1.807) is 40.8 Å². The Morgan fingerprint density at radius 3 is 2.75 bits per heavy atom. The summed E-state index contributed by atoms with van der Waals surface area (Å²) in [5, 5.41) is 7.72. The van der Waals surface area contributed by atoms with Gasteiger partial charge in [-0.05, 0) is 49.5 Å². The molecule has 0 aliphatic rings. The summed E-state index contributed by atoms with van der Waals surface area (Å²) in [6.07, 6.45) is 0. The Labute approximate surface area is 173 Å². The van der Waals surface area contributed by atoms with Gasteiger partial charge in [-0.15, -0.1) is 0 Å². The third-order valence-electron chi connectivity index (χ3n) is 4.26. The number of rotatable bonds is 7. The predicted molar refractivity (Wildman–Crippen MR) is 112 cm³/mol. The fraction of sp³-hybridized carbons (Fsp3) is 0.250. The number of carbonyl (C=O) groups is 1. The maximum absolute atomic E-state index is 12.6. The molecule has 3 aromatic rings. The topological polar surface area (TPSA) is 63.2 Å². The number of aromatic amines is 1. The molecule has 1 aromatic heterocycles. The monoisotopic (exact) mass is 416 g/mol. The van der Waals surface area contributed by atoms with Gasteiger partial charge in [0.05, 0.1) is 6.54 Å². The number of aromatic nitrogens is 3. The van der Waals surface area contributed by atoms with Gasteiger partial charge in [0.15, 0.2) is 10.6 Å². The summed E-state index contributed by atoms with van der Waals surface area (Å²) in [4.78, 5) is 14.3. The number of aryl methyl sites for hydroxylation is 1. The molecule has 8 heteroatoms. The van der Waals surface area contributed by atoms with E-state index in [-0.39, 0.29) is 12.5 Å². The summed E-state index contributed by atoms with van der Waals surface area (Å²) < 4.78 is 7.77. The summed E-state index contributed by atoms with van der Waals surface area (Å²) in [6, 6.07) is 15.0. The van der Waals surface area contributed by atoms with E-state index in [0.717, 1.165) is 11.1 Å². The highest BCUT2D eigenvalue weighted by atomic mass is 35.5. The Bertz CT molecular complexity index is 1010. The second-order valence-corrected chi connectivity index (χ2v) is 7.25. The van der Waals surface area contributed by atoms with Crippen LogP contribution in [0.3, 0.4) is 0 Å². The standard InChI is InChI=1S/C20H21ClN4O2S/c1-14-4-3-5-15(12-14)19-22-23-20(28)25(19)13-18(26)24(2)10-11-27-17-8-6-16(21)7-9-17/h3-9,12H,10-11,13H2,1-2H3,(H,23,28). The van der Waals surface area contributed by atoms with Crippen LogP contribution in [0.1, 0.15) is 5.56 Å². The van der Waals surface area contributed by atoms with Gasteiger partial charge in [0.25, 0.3) is 0 Å². The van der Waals surface area contributed by atoms with E-state index < -0.39 is 0 Å². The number of hydrogen-bond donors (Lipinski definition) is 1.